The summed E-state index contributed by atoms with van der Waals surface area (Å²) < 4.78 is 7.70. The maximum atomic E-state index is 12.6. The molecule has 10 heteroatoms. The minimum atomic E-state index is -0.448. The van der Waals surface area contributed by atoms with Crippen molar-refractivity contribution in [2.24, 2.45) is 7.05 Å². The van der Waals surface area contributed by atoms with Gasteiger partial charge in [-0.25, -0.2) is 9.97 Å². The first kappa shape index (κ1) is 22.7. The van der Waals surface area contributed by atoms with Crippen LogP contribution >= 0.6 is 0 Å². The van der Waals surface area contributed by atoms with E-state index in [0.29, 0.717) is 17.0 Å². The first-order valence-corrected chi connectivity index (χ1v) is 11.2. The van der Waals surface area contributed by atoms with Crippen molar-refractivity contribution in [3.05, 3.63) is 52.7 Å². The van der Waals surface area contributed by atoms with Gasteiger partial charge in [0, 0.05) is 36.1 Å². The van der Waals surface area contributed by atoms with E-state index in [4.69, 9.17) is 9.72 Å². The Morgan fingerprint density at radius 1 is 1.14 bits per heavy atom. The number of carbonyl (C=O) groups is 1. The summed E-state index contributed by atoms with van der Waals surface area (Å²) >= 11 is 0. The number of aromatic hydroxyl groups is 1. The molecule has 0 amide bonds. The number of phenols is 1. The zero-order valence-electron chi connectivity index (χ0n) is 20.2. The van der Waals surface area contributed by atoms with Gasteiger partial charge in [0.2, 0.25) is 5.78 Å². The summed E-state index contributed by atoms with van der Waals surface area (Å²) in [6, 6.07) is 4.71. The van der Waals surface area contributed by atoms with Crippen LogP contribution in [0.5, 0.6) is 11.8 Å². The number of carbonyl (C=O) groups excluding carboxylic acids is 1. The molecular formula is C25H26N6O4. The second-order valence-electron chi connectivity index (χ2n) is 10.1. The Morgan fingerprint density at radius 3 is 2.60 bits per heavy atom. The predicted octanol–water partition coefficient (Wildman–Crippen LogP) is 2.82. The summed E-state index contributed by atoms with van der Waals surface area (Å²) in [4.78, 5) is 37.1. The van der Waals surface area contributed by atoms with Gasteiger partial charge in [0.05, 0.1) is 22.3 Å². The van der Waals surface area contributed by atoms with Crippen molar-refractivity contribution in [1.29, 1.82) is 0 Å². The van der Waals surface area contributed by atoms with E-state index in [1.807, 2.05) is 12.3 Å². The standard InChI is InChI=1S/C25H26N6O4/c1-24(2)10-14(11-25(3,4)29-24)17-6-7-31-12-19(27-22(31)26-17)15-8-18-16(9-20(15)33)21(34)30(5)23(28-18)35-13-32/h6-10,12-13,29,33H,11H2,1-5H3. The third-order valence-corrected chi connectivity index (χ3v) is 6.06. The van der Waals surface area contributed by atoms with Crippen molar-refractivity contribution in [3.63, 3.8) is 0 Å². The molecule has 10 nitrogen and oxygen atoms in total. The Hall–Kier alpha value is -4.05. The van der Waals surface area contributed by atoms with Gasteiger partial charge < -0.3 is 15.2 Å². The maximum Gasteiger partial charge on any atom is 0.307 e. The minimum Gasteiger partial charge on any atom is -0.507 e. The second kappa shape index (κ2) is 7.74. The number of hydrogen-bond acceptors (Lipinski definition) is 8. The lowest BCUT2D eigenvalue weighted by molar-refractivity contribution is -0.121. The lowest BCUT2D eigenvalue weighted by atomic mass is 9.82. The molecule has 0 saturated heterocycles. The van der Waals surface area contributed by atoms with E-state index in [0.717, 1.165) is 22.3 Å². The van der Waals surface area contributed by atoms with E-state index in [-0.39, 0.29) is 40.2 Å². The largest absolute Gasteiger partial charge is 0.507 e. The molecule has 0 atom stereocenters. The van der Waals surface area contributed by atoms with E-state index < -0.39 is 5.56 Å². The number of nitrogens with one attached hydrogen (secondary N) is 1. The van der Waals surface area contributed by atoms with Crippen LogP contribution in [0.15, 0.2) is 41.5 Å². The first-order chi connectivity index (χ1) is 16.5. The van der Waals surface area contributed by atoms with Crippen LogP contribution in [-0.2, 0) is 11.8 Å². The number of fused-ring (bicyclic) bond motifs is 2. The highest BCUT2D eigenvalue weighted by molar-refractivity contribution is 5.87. The number of rotatable bonds is 4. The fraction of sp³-hybridized carbons (Fsp3) is 0.320. The van der Waals surface area contributed by atoms with Crippen molar-refractivity contribution >= 4 is 28.7 Å². The van der Waals surface area contributed by atoms with Gasteiger partial charge in [-0.3, -0.25) is 18.6 Å². The number of imidazole rings is 1. The number of hydrogen-bond donors (Lipinski definition) is 2. The number of ether oxygens (including phenoxy) is 1. The van der Waals surface area contributed by atoms with Gasteiger partial charge in [0.15, 0.2) is 0 Å². The number of benzene rings is 1. The molecular weight excluding hydrogens is 448 g/mol. The third-order valence-electron chi connectivity index (χ3n) is 6.06. The van der Waals surface area contributed by atoms with Crippen molar-refractivity contribution in [1.82, 2.24) is 29.2 Å². The van der Waals surface area contributed by atoms with Crippen LogP contribution in [0.4, 0.5) is 0 Å². The monoisotopic (exact) mass is 474 g/mol. The van der Waals surface area contributed by atoms with E-state index >= 15 is 0 Å². The summed E-state index contributed by atoms with van der Waals surface area (Å²) in [6.07, 6.45) is 6.66. The lowest BCUT2D eigenvalue weighted by Gasteiger charge is -2.41. The highest BCUT2D eigenvalue weighted by Gasteiger charge is 2.33. The van der Waals surface area contributed by atoms with Crippen LogP contribution in [-0.4, -0.2) is 46.6 Å². The quantitative estimate of drug-likeness (QED) is 0.433. The molecule has 35 heavy (non-hydrogen) atoms. The average Bonchev–Trinajstić information content (AvgIpc) is 3.18. The van der Waals surface area contributed by atoms with Gasteiger partial charge in [-0.2, -0.15) is 4.98 Å². The molecule has 0 bridgehead atoms. The highest BCUT2D eigenvalue weighted by atomic mass is 16.5. The number of nitrogens with zero attached hydrogens (tertiary/aromatic N) is 5. The molecule has 0 radical (unpaired) electrons. The van der Waals surface area contributed by atoms with Crippen molar-refractivity contribution in [2.45, 2.75) is 45.2 Å². The van der Waals surface area contributed by atoms with E-state index in [9.17, 15) is 14.7 Å². The van der Waals surface area contributed by atoms with Crippen LogP contribution in [0.2, 0.25) is 0 Å². The molecule has 0 fully saturated rings. The lowest BCUT2D eigenvalue weighted by Crippen LogP contribution is -2.53. The molecule has 4 heterocycles. The molecule has 1 aromatic carbocycles. The normalized spacial score (nSPS) is 16.9. The van der Waals surface area contributed by atoms with Gasteiger partial charge >= 0.3 is 12.5 Å². The average molecular weight is 475 g/mol. The SMILES string of the molecule is Cn1c(OC=O)nc2cc(-c3cn4ccc(C5=CC(C)(C)NC(C)(C)C5)nc4n3)c(O)cc2c1=O. The summed E-state index contributed by atoms with van der Waals surface area (Å²) in [5, 5.41) is 14.5. The van der Waals surface area contributed by atoms with Gasteiger partial charge in [0.1, 0.15) is 5.75 Å². The highest BCUT2D eigenvalue weighted by Crippen LogP contribution is 2.34. The molecule has 4 aromatic rings. The van der Waals surface area contributed by atoms with Crippen LogP contribution in [0.3, 0.4) is 0 Å². The molecule has 5 rings (SSSR count). The Balaban J connectivity index is 1.60. The molecule has 0 spiro atoms. The zero-order valence-corrected chi connectivity index (χ0v) is 20.2. The van der Waals surface area contributed by atoms with E-state index in [2.05, 4.69) is 49.1 Å². The van der Waals surface area contributed by atoms with E-state index in [1.165, 1.54) is 13.1 Å². The first-order valence-electron chi connectivity index (χ1n) is 11.2. The summed E-state index contributed by atoms with van der Waals surface area (Å²) in [6.45, 7) is 8.82. The van der Waals surface area contributed by atoms with Gasteiger partial charge in [0.25, 0.3) is 5.56 Å². The number of aromatic nitrogens is 5. The maximum absolute atomic E-state index is 12.6. The summed E-state index contributed by atoms with van der Waals surface area (Å²) in [7, 11) is 1.43. The smallest absolute Gasteiger partial charge is 0.307 e. The molecule has 2 N–H and O–H groups in total. The van der Waals surface area contributed by atoms with E-state index in [1.54, 1.807) is 16.7 Å². The molecule has 180 valence electrons. The van der Waals surface area contributed by atoms with Crippen molar-refractivity contribution < 1.29 is 14.6 Å². The fourth-order valence-electron chi connectivity index (χ4n) is 4.90. The Bertz CT molecular complexity index is 1600. The Kier molecular flexibility index (Phi) is 5.03. The Labute approximate surface area is 200 Å². The Morgan fingerprint density at radius 2 is 1.89 bits per heavy atom. The fourth-order valence-corrected chi connectivity index (χ4v) is 4.90. The molecule has 0 aliphatic carbocycles. The van der Waals surface area contributed by atoms with Crippen molar-refractivity contribution in [3.8, 4) is 23.0 Å². The summed E-state index contributed by atoms with van der Waals surface area (Å²) in [5.41, 5.74) is 2.42. The third kappa shape index (κ3) is 4.06. The van der Waals surface area contributed by atoms with Crippen LogP contribution in [0, 0.1) is 0 Å². The second-order valence-corrected chi connectivity index (χ2v) is 10.1. The summed E-state index contributed by atoms with van der Waals surface area (Å²) in [5.74, 6) is 0.364. The molecule has 0 saturated carbocycles. The predicted molar refractivity (Wildman–Crippen MR) is 131 cm³/mol. The van der Waals surface area contributed by atoms with Crippen LogP contribution in [0.25, 0.3) is 33.5 Å². The van der Waals surface area contributed by atoms with Crippen LogP contribution in [0.1, 0.15) is 39.8 Å². The van der Waals surface area contributed by atoms with Gasteiger partial charge in [-0.15, -0.1) is 0 Å². The molecule has 1 aliphatic rings. The van der Waals surface area contributed by atoms with Gasteiger partial charge in [-0.1, -0.05) is 6.08 Å². The topological polar surface area (TPSA) is 124 Å². The van der Waals surface area contributed by atoms with Crippen LogP contribution < -0.4 is 15.6 Å². The van der Waals surface area contributed by atoms with Gasteiger partial charge in [-0.05, 0) is 57.9 Å². The molecule has 0 unspecified atom stereocenters. The number of phenolic OH excluding ortho intramolecular Hbond substituents is 1. The molecule has 1 aliphatic heterocycles. The minimum absolute atomic E-state index is 0.0741. The zero-order chi connectivity index (χ0) is 25.1. The van der Waals surface area contributed by atoms with Crippen molar-refractivity contribution in [2.75, 3.05) is 0 Å². The molecule has 3 aromatic heterocycles.